The summed E-state index contributed by atoms with van der Waals surface area (Å²) in [4.78, 5) is 3.47. The number of rotatable bonds is 2. The highest BCUT2D eigenvalue weighted by molar-refractivity contribution is 7.22. The molecule has 0 radical (unpaired) electrons. The predicted molar refractivity (Wildman–Crippen MR) is 81.6 cm³/mol. The molecule has 3 aromatic rings. The van der Waals surface area contributed by atoms with Gasteiger partial charge in [0.05, 0.1) is 0 Å². The van der Waals surface area contributed by atoms with E-state index >= 15 is 0 Å². The van der Waals surface area contributed by atoms with Crippen LogP contribution in [0.4, 0.5) is 5.69 Å². The molecule has 0 fully saturated rings. The Kier molecular flexibility index (Phi) is 2.80. The number of benzene rings is 2. The van der Waals surface area contributed by atoms with E-state index in [1.165, 1.54) is 26.2 Å². The summed E-state index contributed by atoms with van der Waals surface area (Å²) in [6.45, 7) is 0. The van der Waals surface area contributed by atoms with Crippen molar-refractivity contribution in [2.24, 2.45) is 0 Å². The van der Waals surface area contributed by atoms with Gasteiger partial charge in [-0.3, -0.25) is 0 Å². The second kappa shape index (κ2) is 4.46. The van der Waals surface area contributed by atoms with Gasteiger partial charge >= 0.3 is 0 Å². The molecule has 18 heavy (non-hydrogen) atoms. The molecule has 0 aliphatic rings. The van der Waals surface area contributed by atoms with Gasteiger partial charge in [0.2, 0.25) is 0 Å². The van der Waals surface area contributed by atoms with Crippen LogP contribution in [0.3, 0.4) is 0 Å². The van der Waals surface area contributed by atoms with Crippen molar-refractivity contribution in [1.82, 2.24) is 0 Å². The normalized spacial score (nSPS) is 10.8. The summed E-state index contributed by atoms with van der Waals surface area (Å²) < 4.78 is 1.35. The molecular weight excluding hydrogens is 238 g/mol. The number of hydrogen-bond donors (Lipinski definition) is 0. The molecule has 1 heterocycles. The lowest BCUT2D eigenvalue weighted by molar-refractivity contribution is 1.13. The topological polar surface area (TPSA) is 3.24 Å². The molecule has 0 unspecified atom stereocenters. The van der Waals surface area contributed by atoms with Gasteiger partial charge in [-0.1, -0.05) is 30.3 Å². The van der Waals surface area contributed by atoms with Crippen molar-refractivity contribution in [2.75, 3.05) is 19.0 Å². The highest BCUT2D eigenvalue weighted by Crippen LogP contribution is 2.34. The van der Waals surface area contributed by atoms with E-state index in [2.05, 4.69) is 73.6 Å². The Hall–Kier alpha value is -1.80. The fourth-order valence-corrected chi connectivity index (χ4v) is 3.12. The summed E-state index contributed by atoms with van der Waals surface area (Å²) in [6, 6.07) is 19.5. The third kappa shape index (κ3) is 2.00. The highest BCUT2D eigenvalue weighted by Gasteiger charge is 2.05. The quantitative estimate of drug-likeness (QED) is 0.643. The molecular formula is C16H15NS. The largest absolute Gasteiger partial charge is 0.378 e. The lowest BCUT2D eigenvalue weighted by atomic mass is 10.1. The first-order chi connectivity index (χ1) is 8.74. The lowest BCUT2D eigenvalue weighted by Crippen LogP contribution is -2.08. The van der Waals surface area contributed by atoms with E-state index in [0.29, 0.717) is 0 Å². The minimum absolute atomic E-state index is 1.24. The van der Waals surface area contributed by atoms with Crippen molar-refractivity contribution >= 4 is 27.1 Å². The molecule has 90 valence electrons. The van der Waals surface area contributed by atoms with E-state index in [4.69, 9.17) is 0 Å². The second-order valence-electron chi connectivity index (χ2n) is 4.59. The van der Waals surface area contributed by atoms with Gasteiger partial charge in [0.15, 0.2) is 0 Å². The maximum atomic E-state index is 2.27. The summed E-state index contributed by atoms with van der Waals surface area (Å²) in [6.07, 6.45) is 0. The summed E-state index contributed by atoms with van der Waals surface area (Å²) in [7, 11) is 4.15. The monoisotopic (exact) mass is 253 g/mol. The van der Waals surface area contributed by atoms with Crippen LogP contribution in [0.15, 0.2) is 54.6 Å². The van der Waals surface area contributed by atoms with Crippen LogP contribution >= 0.6 is 11.3 Å². The minimum Gasteiger partial charge on any atom is -0.378 e. The Balaban J connectivity index is 2.11. The van der Waals surface area contributed by atoms with Crippen molar-refractivity contribution < 1.29 is 0 Å². The first-order valence-electron chi connectivity index (χ1n) is 6.00. The van der Waals surface area contributed by atoms with Crippen molar-refractivity contribution in [3.05, 3.63) is 54.6 Å². The van der Waals surface area contributed by atoms with Gasteiger partial charge in [-0.15, -0.1) is 11.3 Å². The fourth-order valence-electron chi connectivity index (χ4n) is 2.06. The second-order valence-corrected chi connectivity index (χ2v) is 5.68. The molecule has 3 rings (SSSR count). The average Bonchev–Trinajstić information content (AvgIpc) is 2.82. The maximum Gasteiger partial charge on any atom is 0.0367 e. The molecule has 0 aliphatic carbocycles. The van der Waals surface area contributed by atoms with E-state index < -0.39 is 0 Å². The first-order valence-corrected chi connectivity index (χ1v) is 6.82. The van der Waals surface area contributed by atoms with Gasteiger partial charge in [-0.25, -0.2) is 0 Å². The Morgan fingerprint density at radius 3 is 2.50 bits per heavy atom. The van der Waals surface area contributed by atoms with Crippen LogP contribution in [0.2, 0.25) is 0 Å². The van der Waals surface area contributed by atoms with Crippen molar-refractivity contribution in [3.63, 3.8) is 0 Å². The van der Waals surface area contributed by atoms with Gasteiger partial charge in [0.25, 0.3) is 0 Å². The van der Waals surface area contributed by atoms with E-state index in [1.54, 1.807) is 0 Å². The molecule has 1 aromatic heterocycles. The number of fused-ring (bicyclic) bond motifs is 1. The Morgan fingerprint density at radius 2 is 1.72 bits per heavy atom. The van der Waals surface area contributed by atoms with Crippen molar-refractivity contribution in [2.45, 2.75) is 0 Å². The molecule has 0 saturated carbocycles. The first kappa shape index (κ1) is 11.3. The van der Waals surface area contributed by atoms with Crippen LogP contribution in [-0.4, -0.2) is 14.1 Å². The molecule has 2 heteroatoms. The zero-order valence-corrected chi connectivity index (χ0v) is 11.4. The summed E-state index contributed by atoms with van der Waals surface area (Å²) >= 11 is 1.85. The third-order valence-corrected chi connectivity index (χ3v) is 4.24. The van der Waals surface area contributed by atoms with E-state index in [0.717, 1.165) is 0 Å². The standard InChI is InChI=1S/C16H15NS/c1-17(2)14-8-5-7-12(10-14)16-11-13-6-3-4-9-15(13)18-16/h3-11H,1-2H3. The zero-order chi connectivity index (χ0) is 12.5. The summed E-state index contributed by atoms with van der Waals surface area (Å²) in [5, 5.41) is 1.33. The van der Waals surface area contributed by atoms with Crippen LogP contribution in [-0.2, 0) is 0 Å². The van der Waals surface area contributed by atoms with Gasteiger partial charge < -0.3 is 4.90 Å². The van der Waals surface area contributed by atoms with Gasteiger partial charge in [0, 0.05) is 29.4 Å². The summed E-state index contributed by atoms with van der Waals surface area (Å²) in [5.74, 6) is 0. The molecule has 0 amide bonds. The molecule has 2 aromatic carbocycles. The smallest absolute Gasteiger partial charge is 0.0367 e. The predicted octanol–water partition coefficient (Wildman–Crippen LogP) is 4.63. The Bertz CT molecular complexity index is 649. The van der Waals surface area contributed by atoms with Crippen LogP contribution in [0.25, 0.3) is 20.5 Å². The number of nitrogens with zero attached hydrogens (tertiary/aromatic N) is 1. The zero-order valence-electron chi connectivity index (χ0n) is 10.6. The van der Waals surface area contributed by atoms with E-state index in [9.17, 15) is 0 Å². The van der Waals surface area contributed by atoms with Crippen LogP contribution < -0.4 is 4.90 Å². The number of anilines is 1. The number of hydrogen-bond acceptors (Lipinski definition) is 2. The highest BCUT2D eigenvalue weighted by atomic mass is 32.1. The van der Waals surface area contributed by atoms with E-state index in [1.807, 2.05) is 11.3 Å². The molecule has 0 bridgehead atoms. The Morgan fingerprint density at radius 1 is 0.889 bits per heavy atom. The molecule has 0 spiro atoms. The molecule has 1 nitrogen and oxygen atoms in total. The van der Waals surface area contributed by atoms with E-state index in [-0.39, 0.29) is 0 Å². The fraction of sp³-hybridized carbons (Fsp3) is 0.125. The van der Waals surface area contributed by atoms with Gasteiger partial charge in [-0.2, -0.15) is 0 Å². The number of thiophene rings is 1. The third-order valence-electron chi connectivity index (χ3n) is 3.07. The van der Waals surface area contributed by atoms with Crippen LogP contribution in [0, 0.1) is 0 Å². The molecule has 0 saturated heterocycles. The van der Waals surface area contributed by atoms with Gasteiger partial charge in [-0.05, 0) is 35.2 Å². The summed E-state index contributed by atoms with van der Waals surface area (Å²) in [5.41, 5.74) is 2.53. The SMILES string of the molecule is CN(C)c1cccc(-c2cc3ccccc3s2)c1. The van der Waals surface area contributed by atoms with Gasteiger partial charge in [0.1, 0.15) is 0 Å². The minimum atomic E-state index is 1.24. The van der Waals surface area contributed by atoms with Crippen LogP contribution in [0.1, 0.15) is 0 Å². The lowest BCUT2D eigenvalue weighted by Gasteiger charge is -2.12. The molecule has 0 aliphatic heterocycles. The van der Waals surface area contributed by atoms with Crippen LogP contribution in [0.5, 0.6) is 0 Å². The van der Waals surface area contributed by atoms with Crippen molar-refractivity contribution in [1.29, 1.82) is 0 Å². The average molecular weight is 253 g/mol. The Labute approximate surface area is 111 Å². The van der Waals surface area contributed by atoms with Crippen molar-refractivity contribution in [3.8, 4) is 10.4 Å². The maximum absolute atomic E-state index is 2.27. The molecule has 0 N–H and O–H groups in total. The molecule has 0 atom stereocenters.